The van der Waals surface area contributed by atoms with Crippen LogP contribution in [0.5, 0.6) is 17.5 Å². The maximum absolute atomic E-state index is 12.2. The van der Waals surface area contributed by atoms with Crippen LogP contribution in [0.15, 0.2) is 24.5 Å². The van der Waals surface area contributed by atoms with Crippen molar-refractivity contribution in [1.29, 1.82) is 0 Å². The van der Waals surface area contributed by atoms with E-state index in [1.165, 1.54) is 6.33 Å². The van der Waals surface area contributed by atoms with E-state index in [-0.39, 0.29) is 31.3 Å². The molecule has 1 amide bonds. The van der Waals surface area contributed by atoms with Crippen molar-refractivity contribution >= 4 is 28.8 Å². The van der Waals surface area contributed by atoms with Crippen LogP contribution in [0.4, 0.5) is 4.79 Å². The van der Waals surface area contributed by atoms with Crippen LogP contribution in [-0.4, -0.2) is 69.1 Å². The molecule has 11 nitrogen and oxygen atoms in total. The second-order valence-electron chi connectivity index (χ2n) is 9.84. The number of benzene rings is 1. The van der Waals surface area contributed by atoms with Crippen molar-refractivity contribution in [3.8, 4) is 17.5 Å². The van der Waals surface area contributed by atoms with Gasteiger partial charge < -0.3 is 19.1 Å². The molecule has 1 aromatic carbocycles. The lowest BCUT2D eigenvalue weighted by molar-refractivity contribution is 0.0602. The van der Waals surface area contributed by atoms with Crippen LogP contribution in [0.25, 0.3) is 0 Å². The molecule has 1 aromatic heterocycles. The number of piperidine rings is 1. The topological polar surface area (TPSA) is 133 Å². The Bertz CT molecular complexity index is 1100. The molecule has 210 valence electrons. The molecular formula is C25H34ClN3O8S. The SMILES string of the molecule is Cc1c(Oc2ccc(CC3COS(O)(O)OC3)cc2Cl)ncnc1OC1CCN(C(=O)OCC(C)C)CC1. The van der Waals surface area contributed by atoms with Gasteiger partial charge in [0.15, 0.2) is 0 Å². The predicted octanol–water partition coefficient (Wildman–Crippen LogP) is 5.65. The predicted molar refractivity (Wildman–Crippen MR) is 142 cm³/mol. The maximum Gasteiger partial charge on any atom is 0.409 e. The number of ether oxygens (including phenoxy) is 3. The van der Waals surface area contributed by atoms with E-state index in [4.69, 9.17) is 34.2 Å². The Hall–Kier alpha value is -2.35. The van der Waals surface area contributed by atoms with Crippen LogP contribution in [0.3, 0.4) is 0 Å². The molecule has 2 fully saturated rings. The number of carbonyl (C=O) groups excluding carboxylic acids is 1. The average molecular weight is 572 g/mol. The number of carbonyl (C=O) groups is 1. The highest BCUT2D eigenvalue weighted by molar-refractivity contribution is 8.16. The summed E-state index contributed by atoms with van der Waals surface area (Å²) in [5, 5.41) is 0.404. The lowest BCUT2D eigenvalue weighted by atomic mass is 10.0. The Morgan fingerprint density at radius 3 is 2.53 bits per heavy atom. The highest BCUT2D eigenvalue weighted by atomic mass is 35.5. The molecule has 4 rings (SSSR count). The summed E-state index contributed by atoms with van der Waals surface area (Å²) >= 11 is 3.11. The van der Waals surface area contributed by atoms with Crippen molar-refractivity contribution in [1.82, 2.24) is 14.9 Å². The highest BCUT2D eigenvalue weighted by Crippen LogP contribution is 2.45. The van der Waals surface area contributed by atoms with Gasteiger partial charge in [-0.15, -0.1) is 0 Å². The van der Waals surface area contributed by atoms with E-state index in [0.29, 0.717) is 73.0 Å². The molecule has 38 heavy (non-hydrogen) atoms. The van der Waals surface area contributed by atoms with Crippen LogP contribution >= 0.6 is 22.8 Å². The first-order valence-corrected chi connectivity index (χ1v) is 14.3. The quantitative estimate of drug-likeness (QED) is 0.409. The number of nitrogens with zero attached hydrogens (tertiary/aromatic N) is 3. The standard InChI is InChI=1S/C25H34ClN3O8S/c1-16(2)12-33-25(30)29-8-6-20(7-9-29)36-23-17(3)24(28-15-27-23)37-22-5-4-18(11-21(22)26)10-19-13-34-38(31,32)35-14-19/h4-5,11,15-16,19-20,31-32H,6-10,12-14H2,1-3H3. The smallest absolute Gasteiger partial charge is 0.409 e. The van der Waals surface area contributed by atoms with Crippen molar-refractivity contribution in [2.45, 2.75) is 46.1 Å². The highest BCUT2D eigenvalue weighted by Gasteiger charge is 2.29. The largest absolute Gasteiger partial charge is 0.474 e. The number of rotatable bonds is 8. The van der Waals surface area contributed by atoms with Gasteiger partial charge >= 0.3 is 6.09 Å². The molecule has 2 N–H and O–H groups in total. The second kappa shape index (κ2) is 12.7. The Morgan fingerprint density at radius 2 is 1.87 bits per heavy atom. The van der Waals surface area contributed by atoms with Crippen molar-refractivity contribution in [3.63, 3.8) is 0 Å². The van der Waals surface area contributed by atoms with E-state index >= 15 is 0 Å². The van der Waals surface area contributed by atoms with Gasteiger partial charge in [0.2, 0.25) is 22.9 Å². The van der Waals surface area contributed by atoms with Crippen molar-refractivity contribution in [3.05, 3.63) is 40.7 Å². The first kappa shape index (κ1) is 28.7. The summed E-state index contributed by atoms with van der Waals surface area (Å²) in [6, 6.07) is 5.42. The van der Waals surface area contributed by atoms with Gasteiger partial charge in [0, 0.05) is 31.8 Å². The molecule has 0 aliphatic carbocycles. The van der Waals surface area contributed by atoms with Crippen LogP contribution in [0.1, 0.15) is 37.8 Å². The van der Waals surface area contributed by atoms with Gasteiger partial charge in [0.1, 0.15) is 18.2 Å². The van der Waals surface area contributed by atoms with E-state index in [0.717, 1.165) is 5.56 Å². The lowest BCUT2D eigenvalue weighted by Crippen LogP contribution is -2.42. The fraction of sp³-hybridized carbons (Fsp3) is 0.560. The third-order valence-corrected chi connectivity index (χ3v) is 7.33. The van der Waals surface area contributed by atoms with Crippen molar-refractivity contribution in [2.75, 3.05) is 32.9 Å². The van der Waals surface area contributed by atoms with Gasteiger partial charge in [-0.2, -0.15) is 0 Å². The molecule has 13 heteroatoms. The van der Waals surface area contributed by atoms with Crippen LogP contribution < -0.4 is 9.47 Å². The zero-order chi connectivity index (χ0) is 27.3. The molecular weight excluding hydrogens is 538 g/mol. The van der Waals surface area contributed by atoms with E-state index in [9.17, 15) is 13.9 Å². The fourth-order valence-electron chi connectivity index (χ4n) is 4.05. The maximum atomic E-state index is 12.2. The summed E-state index contributed by atoms with van der Waals surface area (Å²) in [6.07, 6.45) is 2.93. The molecule has 2 aliphatic heterocycles. The summed E-state index contributed by atoms with van der Waals surface area (Å²) in [5.41, 5.74) is 1.57. The van der Waals surface area contributed by atoms with Crippen molar-refractivity contribution in [2.24, 2.45) is 11.8 Å². The minimum Gasteiger partial charge on any atom is -0.474 e. The van der Waals surface area contributed by atoms with Crippen LogP contribution in [0, 0.1) is 18.8 Å². The summed E-state index contributed by atoms with van der Waals surface area (Å²) in [4.78, 5) is 22.4. The van der Waals surface area contributed by atoms with Gasteiger partial charge in [0.25, 0.3) is 0 Å². The fourth-order valence-corrected chi connectivity index (χ4v) is 5.09. The number of aromatic nitrogens is 2. The first-order chi connectivity index (χ1) is 18.1. The average Bonchev–Trinajstić information content (AvgIpc) is 2.88. The number of amides is 1. The molecule has 0 spiro atoms. The van der Waals surface area contributed by atoms with Gasteiger partial charge in [-0.3, -0.25) is 17.5 Å². The monoisotopic (exact) mass is 571 g/mol. The van der Waals surface area contributed by atoms with Gasteiger partial charge in [0.05, 0.1) is 30.4 Å². The molecule has 0 bridgehead atoms. The Kier molecular flexibility index (Phi) is 9.55. The van der Waals surface area contributed by atoms with E-state index < -0.39 is 11.2 Å². The Morgan fingerprint density at radius 1 is 1.18 bits per heavy atom. The number of hydrogen-bond acceptors (Lipinski definition) is 10. The second-order valence-corrected chi connectivity index (χ2v) is 11.6. The molecule has 0 saturated carbocycles. The summed E-state index contributed by atoms with van der Waals surface area (Å²) in [5.74, 6) is 1.45. The lowest BCUT2D eigenvalue weighted by Gasteiger charge is -2.33. The van der Waals surface area contributed by atoms with Gasteiger partial charge in [-0.05, 0) is 37.0 Å². The Labute approximate surface area is 229 Å². The van der Waals surface area contributed by atoms with E-state index in [2.05, 4.69) is 9.97 Å². The molecule has 2 saturated heterocycles. The number of halogens is 1. The van der Waals surface area contributed by atoms with Crippen LogP contribution in [0.2, 0.25) is 5.02 Å². The summed E-state index contributed by atoms with van der Waals surface area (Å²) in [7, 11) is 0. The van der Waals surface area contributed by atoms with Gasteiger partial charge in [-0.25, -0.2) is 14.8 Å². The minimum atomic E-state index is -3.37. The zero-order valence-electron chi connectivity index (χ0n) is 21.7. The van der Waals surface area contributed by atoms with Crippen LogP contribution in [-0.2, 0) is 19.5 Å². The molecule has 3 heterocycles. The molecule has 0 radical (unpaired) electrons. The summed E-state index contributed by atoms with van der Waals surface area (Å²) < 4.78 is 46.2. The zero-order valence-corrected chi connectivity index (χ0v) is 23.2. The van der Waals surface area contributed by atoms with E-state index in [1.54, 1.807) is 17.0 Å². The molecule has 2 aliphatic rings. The van der Waals surface area contributed by atoms with E-state index in [1.807, 2.05) is 26.8 Å². The molecule has 2 aromatic rings. The molecule has 0 atom stereocenters. The molecule has 0 unspecified atom stereocenters. The third-order valence-electron chi connectivity index (χ3n) is 6.15. The first-order valence-electron chi connectivity index (χ1n) is 12.5. The number of likely N-dealkylation sites (tertiary alicyclic amines) is 1. The van der Waals surface area contributed by atoms with Gasteiger partial charge in [-0.1, -0.05) is 31.5 Å². The minimum absolute atomic E-state index is 0.0286. The normalized spacial score (nSPS) is 19.3. The third kappa shape index (κ3) is 7.84. The summed E-state index contributed by atoms with van der Waals surface area (Å²) in [6.45, 7) is 7.71. The number of hydrogen-bond donors (Lipinski definition) is 2. The van der Waals surface area contributed by atoms with Crippen molar-refractivity contribution < 1.29 is 36.5 Å². The Balaban J connectivity index is 1.32.